The fourth-order valence-electron chi connectivity index (χ4n) is 3.60. The first-order valence-electron chi connectivity index (χ1n) is 9.91. The van der Waals surface area contributed by atoms with Crippen molar-refractivity contribution in [2.24, 2.45) is 0 Å². The number of aromatic nitrogens is 4. The van der Waals surface area contributed by atoms with Crippen LogP contribution in [0.3, 0.4) is 0 Å². The summed E-state index contributed by atoms with van der Waals surface area (Å²) in [5, 5.41) is 12.4. The van der Waals surface area contributed by atoms with Crippen molar-refractivity contribution in [1.29, 1.82) is 0 Å². The second-order valence-electron chi connectivity index (χ2n) is 7.22. The lowest BCUT2D eigenvalue weighted by Gasteiger charge is -2.08. The fourth-order valence-corrected chi connectivity index (χ4v) is 3.60. The zero-order valence-corrected chi connectivity index (χ0v) is 17.6. The molecule has 0 atom stereocenters. The van der Waals surface area contributed by atoms with E-state index >= 15 is 0 Å². The number of hydrogen-bond donors (Lipinski definition) is 1. The zero-order chi connectivity index (χ0) is 21.3. The minimum Gasteiger partial charge on any atom is -0.383 e. The lowest BCUT2D eigenvalue weighted by atomic mass is 10.2. The second kappa shape index (κ2) is 8.16. The first kappa shape index (κ1) is 19.9. The van der Waals surface area contributed by atoms with Crippen molar-refractivity contribution in [3.8, 4) is 11.3 Å². The summed E-state index contributed by atoms with van der Waals surface area (Å²) in [7, 11) is 1.70. The Balaban J connectivity index is 1.53. The molecule has 0 radical (unpaired) electrons. The maximum Gasteiger partial charge on any atom is 0.294 e. The van der Waals surface area contributed by atoms with Crippen LogP contribution < -0.4 is 5.32 Å². The van der Waals surface area contributed by atoms with Crippen LogP contribution in [0.2, 0.25) is 0 Å². The number of ether oxygens (including phenoxy) is 1. The largest absolute Gasteiger partial charge is 0.383 e. The third-order valence-corrected chi connectivity index (χ3v) is 5.17. The number of fused-ring (bicyclic) bond motifs is 1. The van der Waals surface area contributed by atoms with E-state index < -0.39 is 0 Å². The standard InChI is InChI=1S/C22H25N5O3/c1-5-26-13-18(15(3)24-26)19-12-21(30-25-19)22(28)23-17-6-7-20-16(11-17)10-14(2)27(20)8-9-29-4/h6-7,10-13H,5,8-9H2,1-4H3,(H,23,28). The topological polar surface area (TPSA) is 87.1 Å². The summed E-state index contributed by atoms with van der Waals surface area (Å²) >= 11 is 0. The fraction of sp³-hybridized carbons (Fsp3) is 0.318. The smallest absolute Gasteiger partial charge is 0.294 e. The molecule has 1 amide bonds. The Bertz CT molecular complexity index is 1200. The van der Waals surface area contributed by atoms with Crippen LogP contribution in [0.15, 0.2) is 41.1 Å². The normalized spacial score (nSPS) is 11.3. The molecule has 8 nitrogen and oxygen atoms in total. The van der Waals surface area contributed by atoms with Gasteiger partial charge in [-0.3, -0.25) is 9.48 Å². The molecule has 0 spiro atoms. The predicted octanol–water partition coefficient (Wildman–Crippen LogP) is 4.03. The number of nitrogens with zero attached hydrogens (tertiary/aromatic N) is 4. The number of methoxy groups -OCH3 is 1. The van der Waals surface area contributed by atoms with Gasteiger partial charge in [0, 0.05) is 60.3 Å². The third kappa shape index (κ3) is 3.73. The van der Waals surface area contributed by atoms with Crippen LogP contribution >= 0.6 is 0 Å². The molecule has 0 saturated carbocycles. The molecular weight excluding hydrogens is 382 g/mol. The van der Waals surface area contributed by atoms with Crippen LogP contribution in [-0.2, 0) is 17.8 Å². The quantitative estimate of drug-likeness (QED) is 0.500. The van der Waals surface area contributed by atoms with E-state index in [0.717, 1.165) is 40.9 Å². The highest BCUT2D eigenvalue weighted by Crippen LogP contribution is 2.25. The van der Waals surface area contributed by atoms with Gasteiger partial charge in [-0.05, 0) is 45.0 Å². The van der Waals surface area contributed by atoms with E-state index in [2.05, 4.69) is 33.1 Å². The van der Waals surface area contributed by atoms with Gasteiger partial charge < -0.3 is 19.1 Å². The lowest BCUT2D eigenvalue weighted by molar-refractivity contribution is 0.0988. The van der Waals surface area contributed by atoms with Gasteiger partial charge in [-0.2, -0.15) is 5.10 Å². The van der Waals surface area contributed by atoms with Gasteiger partial charge in [-0.1, -0.05) is 5.16 Å². The Labute approximate surface area is 174 Å². The molecule has 4 rings (SSSR count). The number of amides is 1. The Morgan fingerprint density at radius 1 is 1.23 bits per heavy atom. The Morgan fingerprint density at radius 3 is 2.80 bits per heavy atom. The van der Waals surface area contributed by atoms with Gasteiger partial charge in [0.15, 0.2) is 0 Å². The van der Waals surface area contributed by atoms with Crippen molar-refractivity contribution in [1.82, 2.24) is 19.5 Å². The molecule has 3 aromatic heterocycles. The molecule has 0 unspecified atom stereocenters. The van der Waals surface area contributed by atoms with E-state index in [4.69, 9.17) is 9.26 Å². The molecule has 4 aromatic rings. The van der Waals surface area contributed by atoms with Crippen LogP contribution in [0.5, 0.6) is 0 Å². The van der Waals surface area contributed by atoms with Crippen molar-refractivity contribution >= 4 is 22.5 Å². The molecule has 0 fully saturated rings. The number of rotatable bonds is 7. The highest BCUT2D eigenvalue weighted by atomic mass is 16.5. The Morgan fingerprint density at radius 2 is 2.07 bits per heavy atom. The number of benzene rings is 1. The molecule has 30 heavy (non-hydrogen) atoms. The summed E-state index contributed by atoms with van der Waals surface area (Å²) in [5.41, 5.74) is 5.24. The molecule has 0 aliphatic carbocycles. The van der Waals surface area contributed by atoms with Gasteiger partial charge in [-0.25, -0.2) is 0 Å². The van der Waals surface area contributed by atoms with Crippen LogP contribution in [0, 0.1) is 13.8 Å². The van der Waals surface area contributed by atoms with E-state index in [1.165, 1.54) is 0 Å². The number of aryl methyl sites for hydroxylation is 3. The molecule has 0 aliphatic rings. The average Bonchev–Trinajstić information content (AvgIpc) is 3.42. The summed E-state index contributed by atoms with van der Waals surface area (Å²) in [5.74, 6) is -0.188. The van der Waals surface area contributed by atoms with Crippen LogP contribution in [0.1, 0.15) is 28.9 Å². The van der Waals surface area contributed by atoms with E-state index in [1.54, 1.807) is 13.2 Å². The monoisotopic (exact) mass is 407 g/mol. The highest BCUT2D eigenvalue weighted by Gasteiger charge is 2.17. The Hall–Kier alpha value is -3.39. The number of carbonyl (C=O) groups is 1. The summed E-state index contributed by atoms with van der Waals surface area (Å²) in [6.45, 7) is 8.18. The van der Waals surface area contributed by atoms with Gasteiger partial charge in [0.2, 0.25) is 5.76 Å². The third-order valence-electron chi connectivity index (χ3n) is 5.17. The van der Waals surface area contributed by atoms with Gasteiger partial charge in [0.1, 0.15) is 5.69 Å². The lowest BCUT2D eigenvalue weighted by Crippen LogP contribution is -2.10. The van der Waals surface area contributed by atoms with E-state index in [-0.39, 0.29) is 11.7 Å². The first-order valence-corrected chi connectivity index (χ1v) is 9.91. The summed E-state index contributed by atoms with van der Waals surface area (Å²) < 4.78 is 14.5. The number of nitrogens with one attached hydrogen (secondary N) is 1. The van der Waals surface area contributed by atoms with Crippen molar-refractivity contribution < 1.29 is 14.1 Å². The molecular formula is C22H25N5O3. The van der Waals surface area contributed by atoms with Gasteiger partial charge in [-0.15, -0.1) is 0 Å². The zero-order valence-electron chi connectivity index (χ0n) is 17.6. The average molecular weight is 407 g/mol. The van der Waals surface area contributed by atoms with E-state index in [0.29, 0.717) is 18.0 Å². The van der Waals surface area contributed by atoms with Gasteiger partial charge in [0.05, 0.1) is 12.3 Å². The minimum atomic E-state index is -0.343. The molecule has 0 aliphatic heterocycles. The molecule has 1 N–H and O–H groups in total. The predicted molar refractivity (Wildman–Crippen MR) is 115 cm³/mol. The summed E-state index contributed by atoms with van der Waals surface area (Å²) in [4.78, 5) is 12.7. The van der Waals surface area contributed by atoms with Crippen molar-refractivity contribution in [2.45, 2.75) is 33.9 Å². The van der Waals surface area contributed by atoms with Crippen LogP contribution in [0.4, 0.5) is 5.69 Å². The first-order chi connectivity index (χ1) is 14.5. The molecule has 0 bridgehead atoms. The maximum absolute atomic E-state index is 12.7. The molecule has 0 saturated heterocycles. The van der Waals surface area contributed by atoms with Gasteiger partial charge in [0.25, 0.3) is 5.91 Å². The minimum absolute atomic E-state index is 0.155. The molecule has 156 valence electrons. The van der Waals surface area contributed by atoms with Crippen molar-refractivity contribution in [3.63, 3.8) is 0 Å². The Kier molecular flexibility index (Phi) is 5.41. The summed E-state index contributed by atoms with van der Waals surface area (Å²) in [6, 6.07) is 9.58. The number of carbonyl (C=O) groups excluding carboxylic acids is 1. The SMILES string of the molecule is CCn1cc(-c2cc(C(=O)Nc3ccc4c(c3)cc(C)n4CCOC)on2)c(C)n1. The van der Waals surface area contributed by atoms with E-state index in [9.17, 15) is 4.79 Å². The summed E-state index contributed by atoms with van der Waals surface area (Å²) in [6.07, 6.45) is 1.90. The molecule has 1 aromatic carbocycles. The van der Waals surface area contributed by atoms with Gasteiger partial charge >= 0.3 is 0 Å². The van der Waals surface area contributed by atoms with Crippen molar-refractivity contribution in [3.05, 3.63) is 53.7 Å². The molecule has 8 heteroatoms. The highest BCUT2D eigenvalue weighted by molar-refractivity contribution is 6.03. The molecule has 3 heterocycles. The van der Waals surface area contributed by atoms with Crippen LogP contribution in [0.25, 0.3) is 22.2 Å². The number of hydrogen-bond acceptors (Lipinski definition) is 5. The van der Waals surface area contributed by atoms with Crippen molar-refractivity contribution in [2.75, 3.05) is 19.0 Å². The number of anilines is 1. The van der Waals surface area contributed by atoms with Crippen LogP contribution in [-0.4, -0.2) is 39.1 Å². The second-order valence-corrected chi connectivity index (χ2v) is 7.22. The van der Waals surface area contributed by atoms with E-state index in [1.807, 2.05) is 42.9 Å². The maximum atomic E-state index is 12.7.